The number of benzene rings is 1. The monoisotopic (exact) mass is 442 g/mol. The standard InChI is InChI=1S/C23H26N2O3S2/c1-27-15-10-11-19(28-2)18(13-15)25-22(26)21-17-8-4-3-5-9-20(17)30-23(21)24-14-16-7-6-12-29-16/h6-7,10-13,24H,3-5,8-9,14H2,1-2H3,(H,25,26). The van der Waals surface area contributed by atoms with Gasteiger partial charge in [-0.25, -0.2) is 0 Å². The summed E-state index contributed by atoms with van der Waals surface area (Å²) in [4.78, 5) is 16.1. The van der Waals surface area contributed by atoms with Gasteiger partial charge < -0.3 is 20.1 Å². The lowest BCUT2D eigenvalue weighted by Gasteiger charge is -2.14. The molecule has 0 aliphatic heterocycles. The normalized spacial score (nSPS) is 13.3. The van der Waals surface area contributed by atoms with Crippen LogP contribution in [0.25, 0.3) is 0 Å². The Morgan fingerprint density at radius 1 is 1.10 bits per heavy atom. The van der Waals surface area contributed by atoms with E-state index in [0.717, 1.165) is 36.4 Å². The number of carbonyl (C=O) groups excluding carboxylic acids is 1. The molecule has 3 aromatic rings. The Morgan fingerprint density at radius 2 is 1.97 bits per heavy atom. The van der Waals surface area contributed by atoms with Crippen LogP contribution in [0.15, 0.2) is 35.7 Å². The van der Waals surface area contributed by atoms with Crippen LogP contribution in [0.4, 0.5) is 10.7 Å². The van der Waals surface area contributed by atoms with Gasteiger partial charge in [-0.05, 0) is 54.8 Å². The summed E-state index contributed by atoms with van der Waals surface area (Å²) >= 11 is 3.45. The maximum Gasteiger partial charge on any atom is 0.259 e. The molecule has 0 bridgehead atoms. The average molecular weight is 443 g/mol. The van der Waals surface area contributed by atoms with Crippen molar-refractivity contribution >= 4 is 39.3 Å². The first-order chi connectivity index (χ1) is 14.7. The number of aryl methyl sites for hydroxylation is 1. The van der Waals surface area contributed by atoms with Crippen molar-refractivity contribution in [2.45, 2.75) is 38.6 Å². The zero-order valence-corrected chi connectivity index (χ0v) is 18.9. The van der Waals surface area contributed by atoms with Crippen molar-refractivity contribution < 1.29 is 14.3 Å². The predicted octanol–water partition coefficient (Wildman–Crippen LogP) is 5.96. The van der Waals surface area contributed by atoms with Crippen LogP contribution in [0.5, 0.6) is 11.5 Å². The highest BCUT2D eigenvalue weighted by Gasteiger charge is 2.25. The van der Waals surface area contributed by atoms with Crippen molar-refractivity contribution in [3.05, 3.63) is 56.6 Å². The molecule has 7 heteroatoms. The molecule has 1 aliphatic rings. The molecule has 0 unspecified atom stereocenters. The molecule has 1 amide bonds. The van der Waals surface area contributed by atoms with E-state index >= 15 is 0 Å². The number of thiophene rings is 2. The molecule has 0 radical (unpaired) electrons. The van der Waals surface area contributed by atoms with Gasteiger partial charge >= 0.3 is 0 Å². The van der Waals surface area contributed by atoms with Crippen molar-refractivity contribution in [2.75, 3.05) is 24.9 Å². The molecule has 0 spiro atoms. The molecule has 30 heavy (non-hydrogen) atoms. The lowest BCUT2D eigenvalue weighted by atomic mass is 10.0. The van der Waals surface area contributed by atoms with E-state index in [2.05, 4.69) is 22.1 Å². The third kappa shape index (κ3) is 4.47. The molecule has 158 valence electrons. The van der Waals surface area contributed by atoms with Gasteiger partial charge in [0.25, 0.3) is 5.91 Å². The van der Waals surface area contributed by atoms with E-state index in [1.165, 1.54) is 28.2 Å². The molecule has 1 aliphatic carbocycles. The molecule has 2 heterocycles. The number of anilines is 2. The SMILES string of the molecule is COc1ccc(OC)c(NC(=O)c2c(NCc3cccs3)sc3c2CCCCC3)c1. The largest absolute Gasteiger partial charge is 0.497 e. The van der Waals surface area contributed by atoms with E-state index < -0.39 is 0 Å². The average Bonchev–Trinajstić information content (AvgIpc) is 3.34. The molecule has 1 aromatic carbocycles. The number of rotatable bonds is 7. The molecule has 5 nitrogen and oxygen atoms in total. The van der Waals surface area contributed by atoms with E-state index in [1.807, 2.05) is 12.1 Å². The minimum absolute atomic E-state index is 0.102. The number of hydrogen-bond donors (Lipinski definition) is 2. The van der Waals surface area contributed by atoms with Gasteiger partial charge in [0.2, 0.25) is 0 Å². The maximum atomic E-state index is 13.5. The Hall–Kier alpha value is -2.51. The lowest BCUT2D eigenvalue weighted by molar-refractivity contribution is 0.102. The van der Waals surface area contributed by atoms with Crippen LogP contribution >= 0.6 is 22.7 Å². The van der Waals surface area contributed by atoms with Gasteiger partial charge in [-0.1, -0.05) is 12.5 Å². The fourth-order valence-electron chi connectivity index (χ4n) is 3.78. The van der Waals surface area contributed by atoms with Crippen LogP contribution in [-0.2, 0) is 19.4 Å². The smallest absolute Gasteiger partial charge is 0.259 e. The maximum absolute atomic E-state index is 13.5. The second-order valence-electron chi connectivity index (χ2n) is 7.22. The number of fused-ring (bicyclic) bond motifs is 1. The van der Waals surface area contributed by atoms with Gasteiger partial charge in [-0.15, -0.1) is 22.7 Å². The van der Waals surface area contributed by atoms with E-state index in [4.69, 9.17) is 9.47 Å². The Morgan fingerprint density at radius 3 is 2.73 bits per heavy atom. The van der Waals surface area contributed by atoms with Gasteiger partial charge in [-0.2, -0.15) is 0 Å². The van der Waals surface area contributed by atoms with Crippen LogP contribution < -0.4 is 20.1 Å². The summed E-state index contributed by atoms with van der Waals surface area (Å²) < 4.78 is 10.8. The zero-order valence-electron chi connectivity index (χ0n) is 17.2. The van der Waals surface area contributed by atoms with Crippen molar-refractivity contribution in [2.24, 2.45) is 0 Å². The summed E-state index contributed by atoms with van der Waals surface area (Å²) in [5.41, 5.74) is 2.59. The third-order valence-electron chi connectivity index (χ3n) is 5.31. The van der Waals surface area contributed by atoms with E-state index in [-0.39, 0.29) is 5.91 Å². The molecule has 0 saturated carbocycles. The highest BCUT2D eigenvalue weighted by atomic mass is 32.1. The van der Waals surface area contributed by atoms with Gasteiger partial charge in [-0.3, -0.25) is 4.79 Å². The van der Waals surface area contributed by atoms with Crippen molar-refractivity contribution in [1.82, 2.24) is 0 Å². The van der Waals surface area contributed by atoms with Gasteiger partial charge in [0.1, 0.15) is 16.5 Å². The second kappa shape index (κ2) is 9.53. The highest BCUT2D eigenvalue weighted by molar-refractivity contribution is 7.16. The molecule has 0 atom stereocenters. The molecule has 0 saturated heterocycles. The Balaban J connectivity index is 1.65. The van der Waals surface area contributed by atoms with Gasteiger partial charge in [0, 0.05) is 15.8 Å². The molecule has 0 fully saturated rings. The first kappa shape index (κ1) is 20.8. The first-order valence-corrected chi connectivity index (χ1v) is 11.8. The van der Waals surface area contributed by atoms with Gasteiger partial charge in [0.15, 0.2) is 0 Å². The number of ether oxygens (including phenoxy) is 2. The molecule has 2 aromatic heterocycles. The molecular weight excluding hydrogens is 416 g/mol. The van der Waals surface area contributed by atoms with E-state index in [1.54, 1.807) is 49.0 Å². The van der Waals surface area contributed by atoms with Crippen LogP contribution in [-0.4, -0.2) is 20.1 Å². The second-order valence-corrected chi connectivity index (χ2v) is 9.36. The summed E-state index contributed by atoms with van der Waals surface area (Å²) in [6, 6.07) is 9.57. The summed E-state index contributed by atoms with van der Waals surface area (Å²) in [6.07, 6.45) is 5.51. The summed E-state index contributed by atoms with van der Waals surface area (Å²) in [5.74, 6) is 1.18. The number of methoxy groups -OCH3 is 2. The lowest BCUT2D eigenvalue weighted by Crippen LogP contribution is -2.16. The number of nitrogens with one attached hydrogen (secondary N) is 2. The number of carbonyl (C=O) groups is 1. The minimum Gasteiger partial charge on any atom is -0.497 e. The van der Waals surface area contributed by atoms with Crippen molar-refractivity contribution in [1.29, 1.82) is 0 Å². The quantitative estimate of drug-likeness (QED) is 0.443. The topological polar surface area (TPSA) is 59.6 Å². The van der Waals surface area contributed by atoms with Crippen LogP contribution in [0, 0.1) is 0 Å². The van der Waals surface area contributed by atoms with E-state index in [9.17, 15) is 4.79 Å². The zero-order chi connectivity index (χ0) is 20.9. The number of amides is 1. The Kier molecular flexibility index (Phi) is 6.59. The van der Waals surface area contributed by atoms with Crippen LogP contribution in [0.1, 0.15) is 44.9 Å². The molecule has 4 rings (SSSR count). The Labute approximate surface area is 185 Å². The number of hydrogen-bond acceptors (Lipinski definition) is 6. The fraction of sp³-hybridized carbons (Fsp3) is 0.348. The van der Waals surface area contributed by atoms with E-state index in [0.29, 0.717) is 17.2 Å². The Bertz CT molecular complexity index is 1010. The first-order valence-electron chi connectivity index (χ1n) is 10.1. The molecule has 2 N–H and O–H groups in total. The fourth-order valence-corrected chi connectivity index (χ4v) is 5.71. The summed E-state index contributed by atoms with van der Waals surface area (Å²) in [5, 5.41) is 9.62. The minimum atomic E-state index is -0.102. The predicted molar refractivity (Wildman–Crippen MR) is 125 cm³/mol. The summed E-state index contributed by atoms with van der Waals surface area (Å²) in [6.45, 7) is 0.722. The van der Waals surface area contributed by atoms with Crippen LogP contribution in [0.2, 0.25) is 0 Å². The highest BCUT2D eigenvalue weighted by Crippen LogP contribution is 2.39. The molecular formula is C23H26N2O3S2. The third-order valence-corrected chi connectivity index (χ3v) is 7.43. The van der Waals surface area contributed by atoms with Crippen molar-refractivity contribution in [3.63, 3.8) is 0 Å². The summed E-state index contributed by atoms with van der Waals surface area (Å²) in [7, 11) is 3.21. The van der Waals surface area contributed by atoms with Crippen molar-refractivity contribution in [3.8, 4) is 11.5 Å². The van der Waals surface area contributed by atoms with Gasteiger partial charge in [0.05, 0.1) is 32.0 Å². The van der Waals surface area contributed by atoms with Crippen LogP contribution in [0.3, 0.4) is 0 Å².